The zero-order chi connectivity index (χ0) is 19.8. The minimum Gasteiger partial charge on any atom is -0.497 e. The van der Waals surface area contributed by atoms with Crippen LogP contribution in [0.15, 0.2) is 84.9 Å². The number of carbonyl (C=O) groups excluding carboxylic acids is 1. The van der Waals surface area contributed by atoms with E-state index in [1.54, 1.807) is 19.2 Å². The molecular formula is C24H24N2O2. The van der Waals surface area contributed by atoms with Crippen molar-refractivity contribution in [2.75, 3.05) is 12.4 Å². The Balaban J connectivity index is 1.61. The third-order valence-electron chi connectivity index (χ3n) is 4.42. The number of hydrogen-bond acceptors (Lipinski definition) is 3. The van der Waals surface area contributed by atoms with Gasteiger partial charge >= 0.3 is 0 Å². The molecule has 4 nitrogen and oxygen atoms in total. The van der Waals surface area contributed by atoms with Crippen molar-refractivity contribution >= 4 is 17.3 Å². The van der Waals surface area contributed by atoms with E-state index in [0.717, 1.165) is 29.2 Å². The van der Waals surface area contributed by atoms with E-state index in [4.69, 9.17) is 4.74 Å². The first-order valence-electron chi connectivity index (χ1n) is 9.19. The molecular weight excluding hydrogens is 348 g/mol. The number of allylic oxidation sites excluding steroid dienone is 1. The van der Waals surface area contributed by atoms with E-state index in [9.17, 15) is 4.79 Å². The fourth-order valence-corrected chi connectivity index (χ4v) is 2.84. The van der Waals surface area contributed by atoms with Crippen LogP contribution in [-0.4, -0.2) is 13.0 Å². The van der Waals surface area contributed by atoms with Crippen molar-refractivity contribution < 1.29 is 9.53 Å². The van der Waals surface area contributed by atoms with Crippen LogP contribution in [0.3, 0.4) is 0 Å². The number of hydrogen-bond donors (Lipinski definition) is 2. The van der Waals surface area contributed by atoms with E-state index in [-0.39, 0.29) is 5.91 Å². The molecule has 142 valence electrons. The lowest BCUT2D eigenvalue weighted by atomic mass is 10.1. The summed E-state index contributed by atoms with van der Waals surface area (Å²) in [5, 5.41) is 6.38. The lowest BCUT2D eigenvalue weighted by molar-refractivity contribution is 0.102. The third-order valence-corrected chi connectivity index (χ3v) is 4.42. The summed E-state index contributed by atoms with van der Waals surface area (Å²) in [5.74, 6) is 0.736. The van der Waals surface area contributed by atoms with Gasteiger partial charge in [0.15, 0.2) is 0 Å². The molecule has 0 aromatic heterocycles. The second-order valence-corrected chi connectivity index (χ2v) is 6.30. The first kappa shape index (κ1) is 19.2. The number of amides is 1. The summed E-state index contributed by atoms with van der Waals surface area (Å²) >= 11 is 0. The summed E-state index contributed by atoms with van der Waals surface area (Å²) in [6.07, 6.45) is 2.04. The molecule has 0 saturated heterocycles. The lowest BCUT2D eigenvalue weighted by Crippen LogP contribution is -2.13. The van der Waals surface area contributed by atoms with Crippen molar-refractivity contribution in [1.29, 1.82) is 0 Å². The quantitative estimate of drug-likeness (QED) is 0.607. The summed E-state index contributed by atoms with van der Waals surface area (Å²) in [6.45, 7) is 2.72. The molecule has 0 fully saturated rings. The van der Waals surface area contributed by atoms with Gasteiger partial charge in [-0.05, 0) is 54.4 Å². The molecule has 3 aromatic rings. The van der Waals surface area contributed by atoms with Gasteiger partial charge in [0.25, 0.3) is 5.91 Å². The molecule has 0 aliphatic heterocycles. The molecule has 2 N–H and O–H groups in total. The van der Waals surface area contributed by atoms with Crippen LogP contribution < -0.4 is 15.4 Å². The highest BCUT2D eigenvalue weighted by molar-refractivity contribution is 6.04. The number of anilines is 1. The maximum Gasteiger partial charge on any atom is 0.255 e. The van der Waals surface area contributed by atoms with E-state index in [2.05, 4.69) is 10.6 Å². The Labute approximate surface area is 165 Å². The third kappa shape index (κ3) is 5.01. The van der Waals surface area contributed by atoms with E-state index >= 15 is 0 Å². The van der Waals surface area contributed by atoms with Gasteiger partial charge in [0, 0.05) is 23.5 Å². The van der Waals surface area contributed by atoms with Crippen molar-refractivity contribution in [2.45, 2.75) is 13.5 Å². The van der Waals surface area contributed by atoms with Crippen molar-refractivity contribution in [1.82, 2.24) is 5.32 Å². The Morgan fingerprint density at radius 1 is 0.893 bits per heavy atom. The second-order valence-electron chi connectivity index (χ2n) is 6.30. The van der Waals surface area contributed by atoms with E-state index in [1.807, 2.05) is 79.7 Å². The number of methoxy groups -OCH3 is 1. The molecule has 0 radical (unpaired) electrons. The number of ether oxygens (including phenoxy) is 1. The van der Waals surface area contributed by atoms with Gasteiger partial charge in [0.2, 0.25) is 0 Å². The van der Waals surface area contributed by atoms with Gasteiger partial charge in [-0.2, -0.15) is 0 Å². The monoisotopic (exact) mass is 372 g/mol. The standard InChI is InChI=1S/C24H24N2O2/c1-3-23(25-17-18-9-15-22(28-2)16-10-18)19-11-13-21(14-12-19)26-24(27)20-7-5-4-6-8-20/h3-16,25H,17H2,1-2H3,(H,26,27)/b23-3-. The molecule has 1 amide bonds. The molecule has 0 bridgehead atoms. The lowest BCUT2D eigenvalue weighted by Gasteiger charge is -2.13. The zero-order valence-electron chi connectivity index (χ0n) is 16.1. The summed E-state index contributed by atoms with van der Waals surface area (Å²) < 4.78 is 5.19. The SMILES string of the molecule is C/C=C(\NCc1ccc(OC)cc1)c1ccc(NC(=O)c2ccccc2)cc1. The van der Waals surface area contributed by atoms with Crippen molar-refractivity contribution in [2.24, 2.45) is 0 Å². The summed E-state index contributed by atoms with van der Waals surface area (Å²) in [5.41, 5.74) is 4.68. The van der Waals surface area contributed by atoms with Crippen LogP contribution in [0.2, 0.25) is 0 Å². The number of nitrogens with one attached hydrogen (secondary N) is 2. The largest absolute Gasteiger partial charge is 0.497 e. The Hall–Kier alpha value is -3.53. The molecule has 0 unspecified atom stereocenters. The van der Waals surface area contributed by atoms with Gasteiger partial charge in [-0.3, -0.25) is 4.79 Å². The molecule has 28 heavy (non-hydrogen) atoms. The molecule has 0 spiro atoms. The Bertz CT molecular complexity index is 931. The minimum absolute atomic E-state index is 0.114. The molecule has 0 atom stereocenters. The van der Waals surface area contributed by atoms with Crippen molar-refractivity contribution in [3.63, 3.8) is 0 Å². The highest BCUT2D eigenvalue weighted by Crippen LogP contribution is 2.18. The van der Waals surface area contributed by atoms with Gasteiger partial charge in [-0.25, -0.2) is 0 Å². The molecule has 0 heterocycles. The van der Waals surface area contributed by atoms with Crippen LogP contribution >= 0.6 is 0 Å². The maximum absolute atomic E-state index is 12.3. The Morgan fingerprint density at radius 2 is 1.57 bits per heavy atom. The molecule has 3 aromatic carbocycles. The predicted octanol–water partition coefficient (Wildman–Crippen LogP) is 5.10. The van der Waals surface area contributed by atoms with Gasteiger partial charge in [-0.1, -0.05) is 48.5 Å². The average Bonchev–Trinajstić information content (AvgIpc) is 2.76. The molecule has 0 saturated carbocycles. The summed E-state index contributed by atoms with van der Waals surface area (Å²) in [6, 6.07) is 25.0. The van der Waals surface area contributed by atoms with Crippen LogP contribution in [0.25, 0.3) is 5.70 Å². The average molecular weight is 372 g/mol. The van der Waals surface area contributed by atoms with Crippen LogP contribution in [-0.2, 0) is 6.54 Å². The van der Waals surface area contributed by atoms with Crippen LogP contribution in [0.4, 0.5) is 5.69 Å². The Kier molecular flexibility index (Phi) is 6.47. The van der Waals surface area contributed by atoms with E-state index < -0.39 is 0 Å². The van der Waals surface area contributed by atoms with Crippen molar-refractivity contribution in [3.8, 4) is 5.75 Å². The fraction of sp³-hybridized carbons (Fsp3) is 0.125. The maximum atomic E-state index is 12.3. The van der Waals surface area contributed by atoms with Gasteiger partial charge in [0.05, 0.1) is 7.11 Å². The smallest absolute Gasteiger partial charge is 0.255 e. The zero-order valence-corrected chi connectivity index (χ0v) is 16.1. The highest BCUT2D eigenvalue weighted by Gasteiger charge is 2.06. The number of rotatable bonds is 7. The predicted molar refractivity (Wildman–Crippen MR) is 114 cm³/mol. The first-order valence-corrected chi connectivity index (χ1v) is 9.19. The molecule has 0 aliphatic carbocycles. The van der Waals surface area contributed by atoms with E-state index in [0.29, 0.717) is 5.56 Å². The highest BCUT2D eigenvalue weighted by atomic mass is 16.5. The Morgan fingerprint density at radius 3 is 2.18 bits per heavy atom. The van der Waals surface area contributed by atoms with Gasteiger partial charge in [-0.15, -0.1) is 0 Å². The molecule has 0 aliphatic rings. The second kappa shape index (κ2) is 9.42. The molecule has 4 heteroatoms. The van der Waals surface area contributed by atoms with Crippen LogP contribution in [0.5, 0.6) is 5.75 Å². The fourth-order valence-electron chi connectivity index (χ4n) is 2.84. The van der Waals surface area contributed by atoms with Crippen LogP contribution in [0, 0.1) is 0 Å². The molecule has 3 rings (SSSR count). The first-order chi connectivity index (χ1) is 13.7. The summed E-state index contributed by atoms with van der Waals surface area (Å²) in [7, 11) is 1.66. The minimum atomic E-state index is -0.114. The van der Waals surface area contributed by atoms with Crippen LogP contribution in [0.1, 0.15) is 28.4 Å². The van der Waals surface area contributed by atoms with Gasteiger partial charge in [0.1, 0.15) is 5.75 Å². The topological polar surface area (TPSA) is 50.4 Å². The van der Waals surface area contributed by atoms with Crippen molar-refractivity contribution in [3.05, 3.63) is 102 Å². The summed E-state index contributed by atoms with van der Waals surface area (Å²) in [4.78, 5) is 12.3. The number of carbonyl (C=O) groups is 1. The van der Waals surface area contributed by atoms with Gasteiger partial charge < -0.3 is 15.4 Å². The normalized spacial score (nSPS) is 11.0. The number of benzene rings is 3. The van der Waals surface area contributed by atoms with E-state index in [1.165, 1.54) is 5.56 Å².